The lowest BCUT2D eigenvalue weighted by atomic mass is 9.91. The van der Waals surface area contributed by atoms with E-state index in [1.807, 2.05) is 38.1 Å². The third kappa shape index (κ3) is 4.84. The Labute approximate surface area is 155 Å². The van der Waals surface area contributed by atoms with E-state index in [0.717, 1.165) is 17.5 Å². The average molecular weight is 358 g/mol. The fourth-order valence-corrected chi connectivity index (χ4v) is 3.42. The van der Waals surface area contributed by atoms with Crippen molar-refractivity contribution in [3.05, 3.63) is 35.4 Å². The highest BCUT2D eigenvalue weighted by Gasteiger charge is 2.45. The van der Waals surface area contributed by atoms with Crippen LogP contribution >= 0.6 is 0 Å². The Morgan fingerprint density at radius 2 is 2.04 bits per heavy atom. The third-order valence-corrected chi connectivity index (χ3v) is 4.50. The number of carbonyl (C=O) groups excluding carboxylic acids is 2. The van der Waals surface area contributed by atoms with Crippen LogP contribution in [0.15, 0.2) is 24.3 Å². The van der Waals surface area contributed by atoms with Gasteiger partial charge in [-0.15, -0.1) is 0 Å². The molecule has 1 unspecified atom stereocenters. The van der Waals surface area contributed by atoms with Crippen LogP contribution in [0.5, 0.6) is 0 Å². The summed E-state index contributed by atoms with van der Waals surface area (Å²) in [5, 5.41) is 14.1. The first-order valence-electron chi connectivity index (χ1n) is 9.28. The van der Waals surface area contributed by atoms with Crippen molar-refractivity contribution in [2.45, 2.75) is 65.6 Å². The first-order chi connectivity index (χ1) is 12.2. The molecule has 0 saturated carbocycles. The number of guanidine groups is 1. The standard InChI is InChI=1S/C20H30N4O2/c1-5-7-17(25)22-12-15-8-6-9-16(10-15)13-24-18(26)20(4,11-14(2)3)23-19(24)21/h6,8-10,14H,5,7,11-13H2,1-4H3,(H2,21,23)(H,22,25). The van der Waals surface area contributed by atoms with Gasteiger partial charge in [0.1, 0.15) is 5.54 Å². The van der Waals surface area contributed by atoms with Gasteiger partial charge in [0.15, 0.2) is 5.96 Å². The molecule has 0 radical (unpaired) electrons. The van der Waals surface area contributed by atoms with E-state index in [4.69, 9.17) is 5.41 Å². The molecule has 142 valence electrons. The van der Waals surface area contributed by atoms with Crippen molar-refractivity contribution in [2.75, 3.05) is 0 Å². The van der Waals surface area contributed by atoms with Gasteiger partial charge in [-0.2, -0.15) is 0 Å². The molecule has 6 heteroatoms. The topological polar surface area (TPSA) is 85.3 Å². The van der Waals surface area contributed by atoms with Crippen LogP contribution < -0.4 is 10.6 Å². The molecule has 0 spiro atoms. The summed E-state index contributed by atoms with van der Waals surface area (Å²) >= 11 is 0. The predicted octanol–water partition coefficient (Wildman–Crippen LogP) is 2.77. The van der Waals surface area contributed by atoms with Crippen molar-refractivity contribution in [3.63, 3.8) is 0 Å². The molecule has 26 heavy (non-hydrogen) atoms. The van der Waals surface area contributed by atoms with Gasteiger partial charge in [-0.3, -0.25) is 19.9 Å². The summed E-state index contributed by atoms with van der Waals surface area (Å²) in [5.74, 6) is 0.500. The molecule has 1 aromatic carbocycles. The van der Waals surface area contributed by atoms with Crippen LogP contribution in [0.4, 0.5) is 0 Å². The number of rotatable bonds is 8. The molecule has 1 fully saturated rings. The lowest BCUT2D eigenvalue weighted by molar-refractivity contribution is -0.131. The van der Waals surface area contributed by atoms with Gasteiger partial charge in [0.05, 0.1) is 6.54 Å². The Morgan fingerprint density at radius 1 is 1.35 bits per heavy atom. The van der Waals surface area contributed by atoms with Crippen molar-refractivity contribution in [1.82, 2.24) is 15.5 Å². The van der Waals surface area contributed by atoms with Crippen LogP contribution in [0.1, 0.15) is 58.1 Å². The normalized spacial score (nSPS) is 19.8. The zero-order chi connectivity index (χ0) is 19.3. The molecule has 1 aliphatic rings. The van der Waals surface area contributed by atoms with E-state index in [2.05, 4.69) is 24.5 Å². The zero-order valence-corrected chi connectivity index (χ0v) is 16.2. The number of hydrogen-bond acceptors (Lipinski definition) is 3. The number of amides is 2. The van der Waals surface area contributed by atoms with Crippen LogP contribution in [0, 0.1) is 11.3 Å². The van der Waals surface area contributed by atoms with Crippen LogP contribution in [0.3, 0.4) is 0 Å². The minimum Gasteiger partial charge on any atom is -0.352 e. The molecule has 0 aliphatic carbocycles. The second kappa shape index (κ2) is 8.34. The maximum Gasteiger partial charge on any atom is 0.255 e. The van der Waals surface area contributed by atoms with E-state index in [9.17, 15) is 9.59 Å². The molecular weight excluding hydrogens is 328 g/mol. The van der Waals surface area contributed by atoms with Crippen molar-refractivity contribution in [3.8, 4) is 0 Å². The largest absolute Gasteiger partial charge is 0.352 e. The Hall–Kier alpha value is -2.37. The van der Waals surface area contributed by atoms with Crippen LogP contribution in [-0.2, 0) is 22.7 Å². The van der Waals surface area contributed by atoms with E-state index in [1.165, 1.54) is 4.90 Å². The smallest absolute Gasteiger partial charge is 0.255 e. The van der Waals surface area contributed by atoms with E-state index in [-0.39, 0.29) is 17.8 Å². The van der Waals surface area contributed by atoms with Gasteiger partial charge in [-0.05, 0) is 36.8 Å². The number of hydrogen-bond donors (Lipinski definition) is 3. The summed E-state index contributed by atoms with van der Waals surface area (Å²) in [6.07, 6.45) is 2.04. The van der Waals surface area contributed by atoms with Gasteiger partial charge >= 0.3 is 0 Å². The molecule has 6 nitrogen and oxygen atoms in total. The SMILES string of the molecule is CCCC(=O)NCc1cccc(CN2C(=N)NC(C)(CC(C)C)C2=O)c1. The lowest BCUT2D eigenvalue weighted by Gasteiger charge is -2.24. The molecule has 3 N–H and O–H groups in total. The molecular formula is C20H30N4O2. The van der Waals surface area contributed by atoms with Gasteiger partial charge in [0, 0.05) is 13.0 Å². The minimum absolute atomic E-state index is 0.0445. The molecule has 2 amide bonds. The predicted molar refractivity (Wildman–Crippen MR) is 102 cm³/mol. The Bertz CT molecular complexity index is 686. The number of nitrogens with zero attached hydrogens (tertiary/aromatic N) is 1. The van der Waals surface area contributed by atoms with E-state index in [0.29, 0.717) is 31.8 Å². The fraction of sp³-hybridized carbons (Fsp3) is 0.550. The van der Waals surface area contributed by atoms with Crippen molar-refractivity contribution in [2.24, 2.45) is 5.92 Å². The van der Waals surface area contributed by atoms with Gasteiger partial charge < -0.3 is 10.6 Å². The Balaban J connectivity index is 2.04. The third-order valence-electron chi connectivity index (χ3n) is 4.50. The maximum atomic E-state index is 12.8. The fourth-order valence-electron chi connectivity index (χ4n) is 3.42. The van der Waals surface area contributed by atoms with Crippen molar-refractivity contribution >= 4 is 17.8 Å². The summed E-state index contributed by atoms with van der Waals surface area (Å²) in [5.41, 5.74) is 1.22. The second-order valence-corrected chi connectivity index (χ2v) is 7.64. The number of benzene rings is 1. The van der Waals surface area contributed by atoms with Crippen LogP contribution in [0.2, 0.25) is 0 Å². The molecule has 1 atom stereocenters. The highest BCUT2D eigenvalue weighted by Crippen LogP contribution is 2.26. The van der Waals surface area contributed by atoms with E-state index >= 15 is 0 Å². The van der Waals surface area contributed by atoms with Gasteiger partial charge in [-0.1, -0.05) is 45.0 Å². The van der Waals surface area contributed by atoms with Gasteiger partial charge in [0.2, 0.25) is 5.91 Å². The Kier molecular flexibility index (Phi) is 6.40. The summed E-state index contributed by atoms with van der Waals surface area (Å²) in [4.78, 5) is 25.9. The van der Waals surface area contributed by atoms with Gasteiger partial charge in [0.25, 0.3) is 5.91 Å². The number of carbonyl (C=O) groups is 2. The maximum absolute atomic E-state index is 12.8. The zero-order valence-electron chi connectivity index (χ0n) is 16.2. The molecule has 0 bridgehead atoms. The van der Waals surface area contributed by atoms with Crippen LogP contribution in [0.25, 0.3) is 0 Å². The molecule has 2 rings (SSSR count). The monoisotopic (exact) mass is 358 g/mol. The van der Waals surface area contributed by atoms with Gasteiger partial charge in [-0.25, -0.2) is 0 Å². The molecule has 1 aromatic rings. The van der Waals surface area contributed by atoms with E-state index < -0.39 is 5.54 Å². The molecule has 1 heterocycles. The van der Waals surface area contributed by atoms with E-state index in [1.54, 1.807) is 0 Å². The summed E-state index contributed by atoms with van der Waals surface area (Å²) < 4.78 is 0. The van der Waals surface area contributed by atoms with Crippen molar-refractivity contribution in [1.29, 1.82) is 5.41 Å². The number of nitrogens with one attached hydrogen (secondary N) is 3. The molecule has 0 aromatic heterocycles. The minimum atomic E-state index is -0.711. The first kappa shape index (κ1) is 19.9. The summed E-state index contributed by atoms with van der Waals surface area (Å²) in [6.45, 7) is 8.81. The second-order valence-electron chi connectivity index (χ2n) is 7.64. The lowest BCUT2D eigenvalue weighted by Crippen LogP contribution is -2.44. The Morgan fingerprint density at radius 3 is 2.69 bits per heavy atom. The first-order valence-corrected chi connectivity index (χ1v) is 9.28. The highest BCUT2D eigenvalue weighted by atomic mass is 16.2. The average Bonchev–Trinajstić information content (AvgIpc) is 2.76. The molecule has 1 saturated heterocycles. The summed E-state index contributed by atoms with van der Waals surface area (Å²) in [6, 6.07) is 7.79. The molecule has 1 aliphatic heterocycles. The van der Waals surface area contributed by atoms with Crippen LogP contribution in [-0.4, -0.2) is 28.2 Å². The highest BCUT2D eigenvalue weighted by molar-refractivity contribution is 6.07. The summed E-state index contributed by atoms with van der Waals surface area (Å²) in [7, 11) is 0. The quantitative estimate of drug-likeness (QED) is 0.668. The van der Waals surface area contributed by atoms with Crippen molar-refractivity contribution < 1.29 is 9.59 Å².